The molecule has 0 spiro atoms. The average Bonchev–Trinajstić information content (AvgIpc) is 2.84. The van der Waals surface area contributed by atoms with E-state index in [1.807, 2.05) is 12.1 Å². The van der Waals surface area contributed by atoms with Crippen LogP contribution in [-0.4, -0.2) is 28.5 Å². The normalized spacial score (nSPS) is 10.5. The minimum absolute atomic E-state index is 0.0761. The van der Waals surface area contributed by atoms with E-state index < -0.39 is 11.9 Å². The van der Waals surface area contributed by atoms with Gasteiger partial charge in [-0.1, -0.05) is 30.3 Å². The average molecular weight is 457 g/mol. The molecule has 7 nitrogen and oxygen atoms in total. The zero-order chi connectivity index (χ0) is 24.1. The van der Waals surface area contributed by atoms with Crippen molar-refractivity contribution in [3.8, 4) is 33.9 Å². The molecule has 1 aromatic heterocycles. The molecule has 0 fully saturated rings. The number of benzene rings is 3. The number of carbonyl (C=O) groups is 2. The smallest absolute Gasteiger partial charge is 0.322 e. The number of ether oxygens (including phenoxy) is 1. The van der Waals surface area contributed by atoms with E-state index in [0.29, 0.717) is 34.0 Å². The minimum atomic E-state index is -1.00. The Balaban J connectivity index is 1.67. The van der Waals surface area contributed by atoms with Crippen LogP contribution < -0.4 is 15.8 Å². The van der Waals surface area contributed by atoms with Crippen molar-refractivity contribution in [3.05, 3.63) is 96.4 Å². The second-order valence-corrected chi connectivity index (χ2v) is 7.36. The Hall–Kier alpha value is -4.72. The van der Waals surface area contributed by atoms with E-state index in [0.717, 1.165) is 5.56 Å². The molecule has 0 unspecified atom stereocenters. The number of aromatic nitrogens is 1. The van der Waals surface area contributed by atoms with Crippen molar-refractivity contribution in [2.24, 2.45) is 5.73 Å². The highest BCUT2D eigenvalue weighted by atomic mass is 19.1. The molecule has 0 radical (unpaired) electrons. The van der Waals surface area contributed by atoms with E-state index in [1.165, 1.54) is 24.3 Å². The molecule has 170 valence electrons. The van der Waals surface area contributed by atoms with Gasteiger partial charge in [0.15, 0.2) is 0 Å². The van der Waals surface area contributed by atoms with Crippen LogP contribution in [0.15, 0.2) is 84.9 Å². The molecule has 8 heteroatoms. The van der Waals surface area contributed by atoms with Crippen LogP contribution in [0.1, 0.15) is 10.5 Å². The number of carboxylic acid groups (broad SMARTS) is 1. The third-order valence-electron chi connectivity index (χ3n) is 4.95. The van der Waals surface area contributed by atoms with Gasteiger partial charge in [-0.05, 0) is 65.7 Å². The summed E-state index contributed by atoms with van der Waals surface area (Å²) in [6.45, 7) is -0.269. The number of amides is 1. The number of anilines is 1. The number of rotatable bonds is 8. The van der Waals surface area contributed by atoms with Crippen molar-refractivity contribution in [2.75, 3.05) is 11.9 Å². The summed E-state index contributed by atoms with van der Waals surface area (Å²) in [4.78, 5) is 27.3. The summed E-state index contributed by atoms with van der Waals surface area (Å²) in [5, 5.41) is 11.9. The Morgan fingerprint density at radius 2 is 1.56 bits per heavy atom. The van der Waals surface area contributed by atoms with Gasteiger partial charge in [-0.25, -0.2) is 9.37 Å². The van der Waals surface area contributed by atoms with Gasteiger partial charge in [0.05, 0.1) is 5.69 Å². The molecule has 4 rings (SSSR count). The maximum absolute atomic E-state index is 13.1. The van der Waals surface area contributed by atoms with Crippen LogP contribution in [0, 0.1) is 5.82 Å². The van der Waals surface area contributed by atoms with Gasteiger partial charge in [0.25, 0.3) is 5.91 Å². The fourth-order valence-corrected chi connectivity index (χ4v) is 3.35. The Morgan fingerprint density at radius 3 is 2.21 bits per heavy atom. The number of hydrogen-bond acceptors (Lipinski definition) is 5. The number of nitrogens with one attached hydrogen (secondary N) is 1. The van der Waals surface area contributed by atoms with Gasteiger partial charge in [0.1, 0.15) is 29.6 Å². The SMILES string of the molecule is NC(=O)c1cc(-c2ccc(Oc3ccc(F)cc3)cc2)cc(-c2ccccc2NCC(=O)O)n1. The summed E-state index contributed by atoms with van der Waals surface area (Å²) in [7, 11) is 0. The van der Waals surface area contributed by atoms with Crippen LogP contribution in [0.25, 0.3) is 22.4 Å². The van der Waals surface area contributed by atoms with Crippen LogP contribution in [-0.2, 0) is 4.79 Å². The number of para-hydroxylation sites is 1. The standard InChI is InChI=1S/C26H20FN3O4/c27-18-7-11-20(12-8-18)34-19-9-5-16(6-10-19)17-13-23(30-24(14-17)26(28)33)21-3-1-2-4-22(21)29-15-25(31)32/h1-14,29H,15H2,(H2,28,33)(H,31,32). The number of nitrogens with two attached hydrogens (primary N) is 1. The number of carbonyl (C=O) groups excluding carboxylic acids is 1. The van der Waals surface area contributed by atoms with E-state index in [2.05, 4.69) is 10.3 Å². The maximum Gasteiger partial charge on any atom is 0.322 e. The summed E-state index contributed by atoms with van der Waals surface area (Å²) in [5.74, 6) is -0.974. The molecule has 0 atom stereocenters. The van der Waals surface area contributed by atoms with Gasteiger partial charge in [-0.3, -0.25) is 9.59 Å². The van der Waals surface area contributed by atoms with E-state index in [9.17, 15) is 14.0 Å². The highest BCUT2D eigenvalue weighted by Gasteiger charge is 2.13. The van der Waals surface area contributed by atoms with Gasteiger partial charge in [0, 0.05) is 11.3 Å². The molecular weight excluding hydrogens is 437 g/mol. The molecule has 0 saturated heterocycles. The van der Waals surface area contributed by atoms with Crippen LogP contribution in [0.3, 0.4) is 0 Å². The van der Waals surface area contributed by atoms with Gasteiger partial charge >= 0.3 is 5.97 Å². The number of nitrogens with zero attached hydrogens (tertiary/aromatic N) is 1. The highest BCUT2D eigenvalue weighted by Crippen LogP contribution is 2.32. The molecule has 0 aliphatic heterocycles. The molecule has 4 aromatic rings. The molecule has 34 heavy (non-hydrogen) atoms. The number of hydrogen-bond donors (Lipinski definition) is 3. The summed E-state index contributed by atoms with van der Waals surface area (Å²) < 4.78 is 18.8. The molecule has 0 bridgehead atoms. The molecule has 4 N–H and O–H groups in total. The van der Waals surface area contributed by atoms with Crippen molar-refractivity contribution in [2.45, 2.75) is 0 Å². The van der Waals surface area contributed by atoms with Crippen LogP contribution in [0.4, 0.5) is 10.1 Å². The number of primary amides is 1. The van der Waals surface area contributed by atoms with Crippen molar-refractivity contribution >= 4 is 17.6 Å². The van der Waals surface area contributed by atoms with Crippen molar-refractivity contribution in [1.29, 1.82) is 0 Å². The number of pyridine rings is 1. The second kappa shape index (κ2) is 9.83. The van der Waals surface area contributed by atoms with Crippen LogP contribution >= 0.6 is 0 Å². The summed E-state index contributed by atoms with van der Waals surface area (Å²) in [6, 6.07) is 23.3. The van der Waals surface area contributed by atoms with Crippen molar-refractivity contribution in [1.82, 2.24) is 4.98 Å². The summed E-state index contributed by atoms with van der Waals surface area (Å²) >= 11 is 0. The first-order chi connectivity index (χ1) is 16.4. The van der Waals surface area contributed by atoms with Crippen LogP contribution in [0.2, 0.25) is 0 Å². The topological polar surface area (TPSA) is 115 Å². The van der Waals surface area contributed by atoms with Gasteiger partial charge < -0.3 is 20.9 Å². The first-order valence-corrected chi connectivity index (χ1v) is 10.3. The fraction of sp³-hybridized carbons (Fsp3) is 0.0385. The number of aliphatic carboxylic acids is 1. The van der Waals surface area contributed by atoms with E-state index in [4.69, 9.17) is 15.6 Å². The third kappa shape index (κ3) is 5.36. The van der Waals surface area contributed by atoms with E-state index in [1.54, 1.807) is 48.5 Å². The molecule has 0 saturated carbocycles. The monoisotopic (exact) mass is 457 g/mol. The lowest BCUT2D eigenvalue weighted by Crippen LogP contribution is -2.14. The number of halogens is 1. The summed E-state index contributed by atoms with van der Waals surface area (Å²) in [6.07, 6.45) is 0. The fourth-order valence-electron chi connectivity index (χ4n) is 3.35. The number of carboxylic acids is 1. The Kier molecular flexibility index (Phi) is 6.49. The molecule has 0 aliphatic rings. The predicted octanol–water partition coefficient (Wildman–Crippen LogP) is 4.94. The third-order valence-corrected chi connectivity index (χ3v) is 4.95. The lowest BCUT2D eigenvalue weighted by atomic mass is 10.0. The maximum atomic E-state index is 13.1. The molecule has 1 heterocycles. The zero-order valence-corrected chi connectivity index (χ0v) is 17.9. The molecular formula is C26H20FN3O4. The quantitative estimate of drug-likeness (QED) is 0.345. The Bertz CT molecular complexity index is 1340. The van der Waals surface area contributed by atoms with Crippen LogP contribution in [0.5, 0.6) is 11.5 Å². The molecule has 3 aromatic carbocycles. The summed E-state index contributed by atoms with van der Waals surface area (Å²) in [5.41, 5.74) is 8.74. The minimum Gasteiger partial charge on any atom is -0.480 e. The predicted molar refractivity (Wildman–Crippen MR) is 126 cm³/mol. The van der Waals surface area contributed by atoms with E-state index in [-0.39, 0.29) is 18.1 Å². The highest BCUT2D eigenvalue weighted by molar-refractivity contribution is 5.94. The first kappa shape index (κ1) is 22.5. The van der Waals surface area contributed by atoms with Gasteiger partial charge in [-0.2, -0.15) is 0 Å². The largest absolute Gasteiger partial charge is 0.480 e. The molecule has 1 amide bonds. The Labute approximate surface area is 194 Å². The molecule has 0 aliphatic carbocycles. The lowest BCUT2D eigenvalue weighted by molar-refractivity contribution is -0.134. The van der Waals surface area contributed by atoms with Crippen molar-refractivity contribution < 1.29 is 23.8 Å². The lowest BCUT2D eigenvalue weighted by Gasteiger charge is -2.13. The second-order valence-electron chi connectivity index (χ2n) is 7.36. The van der Waals surface area contributed by atoms with Crippen molar-refractivity contribution in [3.63, 3.8) is 0 Å². The zero-order valence-electron chi connectivity index (χ0n) is 17.9. The van der Waals surface area contributed by atoms with Gasteiger partial charge in [0.2, 0.25) is 0 Å². The van der Waals surface area contributed by atoms with Gasteiger partial charge in [-0.15, -0.1) is 0 Å². The Morgan fingerprint density at radius 1 is 0.912 bits per heavy atom. The van der Waals surface area contributed by atoms with E-state index >= 15 is 0 Å². The first-order valence-electron chi connectivity index (χ1n) is 10.3.